The van der Waals surface area contributed by atoms with Gasteiger partial charge in [0.15, 0.2) is 0 Å². The molecular weight excluding hydrogens is 260 g/mol. The lowest BCUT2D eigenvalue weighted by atomic mass is 10.1. The summed E-state index contributed by atoms with van der Waals surface area (Å²) in [6.07, 6.45) is 4.25. The minimum atomic E-state index is -1.05. The Labute approximate surface area is 115 Å². The smallest absolute Gasteiger partial charge is 0.348 e. The molecule has 0 aromatic heterocycles. The fraction of sp³-hybridized carbons (Fsp3) is 0.333. The number of rotatable bonds is 1. The highest BCUT2D eigenvalue weighted by molar-refractivity contribution is 6.18. The van der Waals surface area contributed by atoms with E-state index in [0.717, 1.165) is 12.8 Å². The van der Waals surface area contributed by atoms with Gasteiger partial charge in [-0.15, -0.1) is 0 Å². The molecule has 1 aliphatic heterocycles. The molecule has 0 unspecified atom stereocenters. The zero-order valence-electron chi connectivity index (χ0n) is 10.8. The standard InChI is InChI=1S/C15H14O5/c16-11-5-3-4-10(8-11)9-12-13(17)19-15(20-14(12)18)6-1-2-7-15/h3-5,8-9,16H,1-2,6-7H2. The summed E-state index contributed by atoms with van der Waals surface area (Å²) in [5, 5.41) is 9.38. The number of phenols is 1. The Bertz CT molecular complexity index is 574. The first-order valence-electron chi connectivity index (χ1n) is 6.55. The van der Waals surface area contributed by atoms with E-state index >= 15 is 0 Å². The summed E-state index contributed by atoms with van der Waals surface area (Å²) in [5.74, 6) is -2.31. The van der Waals surface area contributed by atoms with Gasteiger partial charge in [-0.1, -0.05) is 12.1 Å². The summed E-state index contributed by atoms with van der Waals surface area (Å²) < 4.78 is 10.6. The van der Waals surface area contributed by atoms with Gasteiger partial charge in [-0.2, -0.15) is 0 Å². The third-order valence-corrected chi connectivity index (χ3v) is 3.54. The van der Waals surface area contributed by atoms with Crippen molar-refractivity contribution in [3.63, 3.8) is 0 Å². The van der Waals surface area contributed by atoms with Crippen LogP contribution in [0.15, 0.2) is 29.8 Å². The molecule has 0 bridgehead atoms. The Morgan fingerprint density at radius 2 is 1.75 bits per heavy atom. The van der Waals surface area contributed by atoms with Gasteiger partial charge in [-0.25, -0.2) is 9.59 Å². The van der Waals surface area contributed by atoms with Crippen LogP contribution in [0.3, 0.4) is 0 Å². The molecule has 1 aliphatic carbocycles. The molecule has 0 atom stereocenters. The van der Waals surface area contributed by atoms with Crippen molar-refractivity contribution in [1.29, 1.82) is 0 Å². The topological polar surface area (TPSA) is 72.8 Å². The fourth-order valence-electron chi connectivity index (χ4n) is 2.57. The van der Waals surface area contributed by atoms with E-state index < -0.39 is 17.7 Å². The van der Waals surface area contributed by atoms with Crippen LogP contribution in [-0.4, -0.2) is 22.8 Å². The number of phenolic OH excluding ortho intramolecular Hbond substituents is 1. The van der Waals surface area contributed by atoms with Gasteiger partial charge in [0.1, 0.15) is 11.3 Å². The van der Waals surface area contributed by atoms with Gasteiger partial charge in [0, 0.05) is 12.8 Å². The van der Waals surface area contributed by atoms with Crippen LogP contribution in [0.5, 0.6) is 5.75 Å². The second-order valence-electron chi connectivity index (χ2n) is 5.05. The van der Waals surface area contributed by atoms with E-state index in [1.165, 1.54) is 18.2 Å². The van der Waals surface area contributed by atoms with E-state index in [2.05, 4.69) is 0 Å². The van der Waals surface area contributed by atoms with Crippen LogP contribution >= 0.6 is 0 Å². The minimum absolute atomic E-state index is 0.0594. The maximum Gasteiger partial charge on any atom is 0.348 e. The van der Waals surface area contributed by atoms with Crippen molar-refractivity contribution in [3.8, 4) is 5.75 Å². The fourth-order valence-corrected chi connectivity index (χ4v) is 2.57. The number of esters is 2. The maximum absolute atomic E-state index is 12.0. The first kappa shape index (κ1) is 12.7. The Morgan fingerprint density at radius 3 is 2.35 bits per heavy atom. The molecule has 0 amide bonds. The largest absolute Gasteiger partial charge is 0.508 e. The van der Waals surface area contributed by atoms with Crippen LogP contribution < -0.4 is 0 Å². The number of aromatic hydroxyl groups is 1. The normalized spacial score (nSPS) is 20.7. The van der Waals surface area contributed by atoms with Crippen molar-refractivity contribution < 1.29 is 24.2 Å². The molecule has 1 N–H and O–H groups in total. The van der Waals surface area contributed by atoms with Crippen LogP contribution in [-0.2, 0) is 19.1 Å². The lowest BCUT2D eigenvalue weighted by molar-refractivity contribution is -0.232. The predicted octanol–water partition coefficient (Wildman–Crippen LogP) is 2.15. The van der Waals surface area contributed by atoms with E-state index in [9.17, 15) is 14.7 Å². The van der Waals surface area contributed by atoms with E-state index in [1.54, 1.807) is 12.1 Å². The molecule has 1 saturated heterocycles. The van der Waals surface area contributed by atoms with Crippen molar-refractivity contribution in [2.24, 2.45) is 0 Å². The average Bonchev–Trinajstić information content (AvgIpc) is 2.82. The SMILES string of the molecule is O=C1OC2(CCCC2)OC(=O)C1=Cc1cccc(O)c1. The summed E-state index contributed by atoms with van der Waals surface area (Å²) >= 11 is 0. The van der Waals surface area contributed by atoms with Crippen LogP contribution in [0, 0.1) is 0 Å². The number of carbonyl (C=O) groups excluding carboxylic acids is 2. The Morgan fingerprint density at radius 1 is 1.10 bits per heavy atom. The van der Waals surface area contributed by atoms with Crippen LogP contribution in [0.1, 0.15) is 31.2 Å². The third kappa shape index (κ3) is 2.27. The predicted molar refractivity (Wildman–Crippen MR) is 69.5 cm³/mol. The average molecular weight is 274 g/mol. The minimum Gasteiger partial charge on any atom is -0.508 e. The molecule has 20 heavy (non-hydrogen) atoms. The van der Waals surface area contributed by atoms with Crippen molar-refractivity contribution in [3.05, 3.63) is 35.4 Å². The van der Waals surface area contributed by atoms with Gasteiger partial charge < -0.3 is 14.6 Å². The molecule has 2 fully saturated rings. The lowest BCUT2D eigenvalue weighted by Crippen LogP contribution is -2.44. The second kappa shape index (κ2) is 4.67. The molecule has 1 heterocycles. The Kier molecular flexibility index (Phi) is 2.97. The van der Waals surface area contributed by atoms with Gasteiger partial charge in [-0.05, 0) is 36.6 Å². The molecule has 2 aliphatic rings. The maximum atomic E-state index is 12.0. The monoisotopic (exact) mass is 274 g/mol. The van der Waals surface area contributed by atoms with Gasteiger partial charge in [0.05, 0.1) is 0 Å². The van der Waals surface area contributed by atoms with Gasteiger partial charge >= 0.3 is 11.9 Å². The zero-order valence-corrected chi connectivity index (χ0v) is 10.8. The van der Waals surface area contributed by atoms with Gasteiger partial charge in [-0.3, -0.25) is 0 Å². The highest BCUT2D eigenvalue weighted by atomic mass is 16.7. The molecular formula is C15H14O5. The van der Waals surface area contributed by atoms with Crippen molar-refractivity contribution >= 4 is 18.0 Å². The van der Waals surface area contributed by atoms with E-state index in [1.807, 2.05) is 0 Å². The van der Waals surface area contributed by atoms with Crippen LogP contribution in [0.25, 0.3) is 6.08 Å². The van der Waals surface area contributed by atoms with Crippen molar-refractivity contribution in [1.82, 2.24) is 0 Å². The lowest BCUT2D eigenvalue weighted by Gasteiger charge is -2.32. The van der Waals surface area contributed by atoms with E-state index in [-0.39, 0.29) is 11.3 Å². The number of hydrogen-bond donors (Lipinski definition) is 1. The van der Waals surface area contributed by atoms with Crippen LogP contribution in [0.4, 0.5) is 0 Å². The molecule has 104 valence electrons. The van der Waals surface area contributed by atoms with Crippen molar-refractivity contribution in [2.45, 2.75) is 31.5 Å². The summed E-state index contributed by atoms with van der Waals surface area (Å²) in [6, 6.07) is 6.26. The highest BCUT2D eigenvalue weighted by Gasteiger charge is 2.47. The molecule has 0 radical (unpaired) electrons. The van der Waals surface area contributed by atoms with E-state index in [4.69, 9.17) is 9.47 Å². The van der Waals surface area contributed by atoms with Crippen LogP contribution in [0.2, 0.25) is 0 Å². The summed E-state index contributed by atoms with van der Waals surface area (Å²) in [6.45, 7) is 0. The van der Waals surface area contributed by atoms with E-state index in [0.29, 0.717) is 18.4 Å². The molecule has 1 spiro atoms. The number of benzene rings is 1. The molecule has 3 rings (SSSR count). The highest BCUT2D eigenvalue weighted by Crippen LogP contribution is 2.38. The first-order chi connectivity index (χ1) is 9.58. The molecule has 1 saturated carbocycles. The third-order valence-electron chi connectivity index (χ3n) is 3.54. The summed E-state index contributed by atoms with van der Waals surface area (Å²) in [4.78, 5) is 24.0. The Balaban J connectivity index is 1.88. The van der Waals surface area contributed by atoms with Gasteiger partial charge in [0.25, 0.3) is 5.79 Å². The van der Waals surface area contributed by atoms with Gasteiger partial charge in [0.2, 0.25) is 0 Å². The number of carbonyl (C=O) groups is 2. The number of hydrogen-bond acceptors (Lipinski definition) is 5. The zero-order chi connectivity index (χ0) is 14.2. The van der Waals surface area contributed by atoms with Crippen molar-refractivity contribution in [2.75, 3.05) is 0 Å². The molecule has 1 aromatic rings. The molecule has 5 nitrogen and oxygen atoms in total. The second-order valence-corrected chi connectivity index (χ2v) is 5.05. The quantitative estimate of drug-likeness (QED) is 0.482. The molecule has 5 heteroatoms. The molecule has 1 aromatic carbocycles. The number of ether oxygens (including phenoxy) is 2. The Hall–Kier alpha value is -2.30. The summed E-state index contributed by atoms with van der Waals surface area (Å²) in [5.41, 5.74) is 0.393. The summed E-state index contributed by atoms with van der Waals surface area (Å²) in [7, 11) is 0. The first-order valence-corrected chi connectivity index (χ1v) is 6.55.